The van der Waals surface area contributed by atoms with E-state index in [1.165, 1.54) is 5.56 Å². The summed E-state index contributed by atoms with van der Waals surface area (Å²) in [6, 6.07) is 15.8. The van der Waals surface area contributed by atoms with Crippen molar-refractivity contribution in [3.63, 3.8) is 0 Å². The molecular weight excluding hydrogens is 398 g/mol. The number of pyridine rings is 1. The number of nitrogens with zero attached hydrogens (tertiary/aromatic N) is 2. The lowest BCUT2D eigenvalue weighted by molar-refractivity contribution is 0.195. The predicted octanol–water partition coefficient (Wildman–Crippen LogP) is 3.54. The first-order chi connectivity index (χ1) is 14.5. The quantitative estimate of drug-likeness (QED) is 0.695. The fraction of sp³-hybridized carbons (Fsp3) is 0.348. The number of nitrogens with one attached hydrogen (secondary N) is 1. The van der Waals surface area contributed by atoms with Crippen molar-refractivity contribution in [3.8, 4) is 0 Å². The molecule has 1 aromatic heterocycles. The van der Waals surface area contributed by atoms with Gasteiger partial charge < -0.3 is 15.0 Å². The molecule has 0 aliphatic carbocycles. The molecule has 30 heavy (non-hydrogen) atoms. The summed E-state index contributed by atoms with van der Waals surface area (Å²) < 4.78 is 31.0. The summed E-state index contributed by atoms with van der Waals surface area (Å²) in [5.41, 5.74) is 3.92. The fourth-order valence-corrected chi connectivity index (χ4v) is 5.73. The highest BCUT2D eigenvalue weighted by molar-refractivity contribution is 7.91. The van der Waals surface area contributed by atoms with Crippen LogP contribution in [0.15, 0.2) is 53.4 Å². The lowest BCUT2D eigenvalue weighted by atomic mass is 10.1. The first-order valence-electron chi connectivity index (χ1n) is 10.3. The Hall–Kier alpha value is -2.64. The Kier molecular flexibility index (Phi) is 4.87. The minimum absolute atomic E-state index is 0.0802. The van der Waals surface area contributed by atoms with Gasteiger partial charge in [0.1, 0.15) is 5.82 Å². The summed E-state index contributed by atoms with van der Waals surface area (Å²) in [6.45, 7) is 4.47. The molecule has 0 radical (unpaired) electrons. The molecule has 2 aliphatic rings. The van der Waals surface area contributed by atoms with Gasteiger partial charge in [0.05, 0.1) is 28.8 Å². The summed E-state index contributed by atoms with van der Waals surface area (Å²) in [6.07, 6.45) is 0.973. The molecule has 5 rings (SSSR count). The van der Waals surface area contributed by atoms with Crippen LogP contribution in [0.25, 0.3) is 10.9 Å². The minimum Gasteiger partial charge on any atom is -0.379 e. The van der Waals surface area contributed by atoms with Crippen molar-refractivity contribution in [3.05, 3.63) is 59.7 Å². The van der Waals surface area contributed by atoms with Crippen molar-refractivity contribution in [2.45, 2.75) is 30.8 Å². The summed E-state index contributed by atoms with van der Waals surface area (Å²) >= 11 is 0. The maximum atomic E-state index is 12.7. The number of rotatable bonds is 3. The Morgan fingerprint density at radius 3 is 2.87 bits per heavy atom. The summed E-state index contributed by atoms with van der Waals surface area (Å²) in [4.78, 5) is 7.40. The zero-order valence-electron chi connectivity index (χ0n) is 17.0. The number of sulfone groups is 1. The number of benzene rings is 2. The maximum Gasteiger partial charge on any atom is 0.180 e. The second-order valence-electron chi connectivity index (χ2n) is 8.10. The molecule has 2 aliphatic heterocycles. The van der Waals surface area contributed by atoms with E-state index < -0.39 is 9.84 Å². The number of aryl methyl sites for hydroxylation is 1. The van der Waals surface area contributed by atoms with Crippen molar-refractivity contribution >= 4 is 32.2 Å². The Morgan fingerprint density at radius 1 is 1.17 bits per heavy atom. The van der Waals surface area contributed by atoms with Crippen molar-refractivity contribution in [1.29, 1.82) is 0 Å². The monoisotopic (exact) mass is 423 g/mol. The molecule has 0 saturated carbocycles. The third kappa shape index (κ3) is 3.63. The van der Waals surface area contributed by atoms with E-state index in [2.05, 4.69) is 35.3 Å². The molecule has 156 valence electrons. The van der Waals surface area contributed by atoms with Crippen LogP contribution in [0.4, 0.5) is 11.5 Å². The van der Waals surface area contributed by atoms with E-state index in [1.54, 1.807) is 12.1 Å². The summed E-state index contributed by atoms with van der Waals surface area (Å²) in [5.74, 6) is 0.872. The molecule has 0 spiro atoms. The Labute approximate surface area is 176 Å². The second-order valence-corrected chi connectivity index (χ2v) is 10.2. The first-order valence-corrected chi connectivity index (χ1v) is 12.0. The maximum absolute atomic E-state index is 12.7. The number of hydrogen-bond donors (Lipinski definition) is 1. The van der Waals surface area contributed by atoms with Crippen LogP contribution in [0.1, 0.15) is 17.5 Å². The predicted molar refractivity (Wildman–Crippen MR) is 119 cm³/mol. The molecule has 2 aromatic carbocycles. The van der Waals surface area contributed by atoms with Crippen LogP contribution in [0, 0.1) is 6.92 Å². The van der Waals surface area contributed by atoms with E-state index >= 15 is 0 Å². The van der Waals surface area contributed by atoms with Crippen LogP contribution in [-0.4, -0.2) is 45.0 Å². The highest BCUT2D eigenvalue weighted by atomic mass is 32.2. The molecule has 1 saturated heterocycles. The zero-order valence-corrected chi connectivity index (χ0v) is 17.8. The summed E-state index contributed by atoms with van der Waals surface area (Å²) in [7, 11) is -3.30. The van der Waals surface area contributed by atoms with Crippen molar-refractivity contribution < 1.29 is 13.2 Å². The van der Waals surface area contributed by atoms with Gasteiger partial charge >= 0.3 is 0 Å². The molecule has 0 bridgehead atoms. The average molecular weight is 424 g/mol. The lowest BCUT2D eigenvalue weighted by Gasteiger charge is -2.24. The van der Waals surface area contributed by atoms with Crippen LogP contribution in [-0.2, 0) is 21.1 Å². The summed E-state index contributed by atoms with van der Waals surface area (Å²) in [5, 5.41) is 4.71. The third-order valence-corrected chi connectivity index (χ3v) is 7.65. The van der Waals surface area contributed by atoms with Gasteiger partial charge in [0.25, 0.3) is 0 Å². The molecule has 6 nitrogen and oxygen atoms in total. The van der Waals surface area contributed by atoms with Crippen molar-refractivity contribution in [2.24, 2.45) is 0 Å². The highest BCUT2D eigenvalue weighted by Crippen LogP contribution is 2.32. The van der Waals surface area contributed by atoms with Crippen LogP contribution in [0.5, 0.6) is 0 Å². The van der Waals surface area contributed by atoms with Gasteiger partial charge in [0.2, 0.25) is 0 Å². The average Bonchev–Trinajstić information content (AvgIpc) is 3.20. The van der Waals surface area contributed by atoms with Gasteiger partial charge in [-0.25, -0.2) is 13.4 Å². The smallest absolute Gasteiger partial charge is 0.180 e. The minimum atomic E-state index is -3.30. The number of anilines is 2. The third-order valence-electron chi connectivity index (χ3n) is 5.86. The van der Waals surface area contributed by atoms with Crippen molar-refractivity contribution in [2.75, 3.05) is 35.7 Å². The van der Waals surface area contributed by atoms with E-state index in [4.69, 9.17) is 9.72 Å². The molecule has 1 N–H and O–H groups in total. The zero-order chi connectivity index (χ0) is 20.7. The molecule has 7 heteroatoms. The molecule has 0 amide bonds. The van der Waals surface area contributed by atoms with Crippen LogP contribution < -0.4 is 10.2 Å². The number of hydrogen-bond acceptors (Lipinski definition) is 6. The molecule has 3 aromatic rings. The normalized spacial score (nSPS) is 20.7. The molecule has 3 heterocycles. The van der Waals surface area contributed by atoms with Crippen LogP contribution in [0.3, 0.4) is 0 Å². The van der Waals surface area contributed by atoms with E-state index in [9.17, 15) is 8.42 Å². The van der Waals surface area contributed by atoms with E-state index in [-0.39, 0.29) is 11.8 Å². The highest BCUT2D eigenvalue weighted by Gasteiger charge is 2.26. The molecule has 0 unspecified atom stereocenters. The Bertz CT molecular complexity index is 1200. The molecule has 1 atom stereocenters. The Morgan fingerprint density at radius 2 is 2.03 bits per heavy atom. The lowest BCUT2D eigenvalue weighted by Crippen LogP contribution is -2.27. The number of ether oxygens (including phenoxy) is 1. The Balaban J connectivity index is 1.58. The van der Waals surface area contributed by atoms with Crippen LogP contribution in [0.2, 0.25) is 0 Å². The van der Waals surface area contributed by atoms with Crippen molar-refractivity contribution in [1.82, 2.24) is 4.98 Å². The largest absolute Gasteiger partial charge is 0.379 e. The van der Waals surface area contributed by atoms with Gasteiger partial charge in [0, 0.05) is 36.8 Å². The molecule has 1 fully saturated rings. The van der Waals surface area contributed by atoms with Gasteiger partial charge in [-0.1, -0.05) is 29.8 Å². The number of fused-ring (bicyclic) bond motifs is 2. The molecular formula is C23H25N3O3S. The topological polar surface area (TPSA) is 71.5 Å². The fourth-order valence-electron chi connectivity index (χ4n) is 4.23. The van der Waals surface area contributed by atoms with Gasteiger partial charge in [-0.2, -0.15) is 0 Å². The van der Waals surface area contributed by atoms with Crippen LogP contribution >= 0.6 is 0 Å². The van der Waals surface area contributed by atoms with Gasteiger partial charge in [-0.05, 0) is 37.1 Å². The van der Waals surface area contributed by atoms with E-state index in [0.717, 1.165) is 41.0 Å². The number of aromatic nitrogens is 1. The standard InChI is InChI=1S/C23H25N3O3S/c1-16-6-7-20-19(12-16)21(24-18-8-10-29-15-18)13-23(25-20)26-9-11-30(27,28)22-5-3-2-4-17(22)14-26/h2-7,12-13,18H,8-11,14-15H2,1H3,(H,24,25)/t18-/m1/s1. The van der Waals surface area contributed by atoms with Gasteiger partial charge in [-0.3, -0.25) is 0 Å². The van der Waals surface area contributed by atoms with Gasteiger partial charge in [0.15, 0.2) is 9.84 Å². The van der Waals surface area contributed by atoms with E-state index in [1.807, 2.05) is 18.2 Å². The second kappa shape index (κ2) is 7.56. The van der Waals surface area contributed by atoms with E-state index in [0.29, 0.717) is 24.6 Å². The first kappa shape index (κ1) is 19.3. The van der Waals surface area contributed by atoms with Gasteiger partial charge in [-0.15, -0.1) is 0 Å². The SMILES string of the molecule is Cc1ccc2nc(N3CCS(=O)(=O)c4ccccc4C3)cc(N[C@@H]3CCOC3)c2c1.